The van der Waals surface area contributed by atoms with Gasteiger partial charge in [-0.25, -0.2) is 4.68 Å². The van der Waals surface area contributed by atoms with Gasteiger partial charge in [-0.1, -0.05) is 6.92 Å². The molecule has 6 heteroatoms. The van der Waals surface area contributed by atoms with Gasteiger partial charge in [0.15, 0.2) is 5.69 Å². The Kier molecular flexibility index (Phi) is 2.72. The molecule has 0 aliphatic carbocycles. The molecule has 1 aliphatic heterocycles. The molecule has 0 bridgehead atoms. The zero-order chi connectivity index (χ0) is 13.2. The van der Waals surface area contributed by atoms with Crippen LogP contribution < -0.4 is 5.32 Å². The highest BCUT2D eigenvalue weighted by Gasteiger charge is 2.26. The Morgan fingerprint density at radius 3 is 3.11 bits per heavy atom. The van der Waals surface area contributed by atoms with Crippen molar-refractivity contribution in [2.24, 2.45) is 4.99 Å². The quantitative estimate of drug-likeness (QED) is 0.887. The van der Waals surface area contributed by atoms with E-state index in [0.717, 1.165) is 23.5 Å². The lowest BCUT2D eigenvalue weighted by atomic mass is 10.0. The van der Waals surface area contributed by atoms with Crippen LogP contribution in [0.15, 0.2) is 29.5 Å². The van der Waals surface area contributed by atoms with Crippen LogP contribution >= 0.6 is 0 Å². The first-order valence-electron chi connectivity index (χ1n) is 6.06. The van der Waals surface area contributed by atoms with Crippen LogP contribution in [0.25, 0.3) is 5.69 Å². The minimum absolute atomic E-state index is 0.0173. The van der Waals surface area contributed by atoms with Crippen LogP contribution in [0.2, 0.25) is 0 Å². The summed E-state index contributed by atoms with van der Waals surface area (Å²) in [7, 11) is 0. The first kappa shape index (κ1) is 11.4. The van der Waals surface area contributed by atoms with Crippen LogP contribution in [0.4, 0.5) is 5.82 Å². The molecule has 1 N–H and O–H groups in total. The van der Waals surface area contributed by atoms with Gasteiger partial charge in [0, 0.05) is 6.20 Å². The Balaban J connectivity index is 2.20. The average molecular weight is 252 g/mol. The molecular weight excluding hydrogens is 240 g/mol. The maximum Gasteiger partial charge on any atom is 0.170 e. The summed E-state index contributed by atoms with van der Waals surface area (Å²) in [5, 5.41) is 16.7. The maximum atomic E-state index is 9.25. The Labute approximate surface area is 110 Å². The molecule has 0 radical (unpaired) electrons. The van der Waals surface area contributed by atoms with E-state index in [4.69, 9.17) is 0 Å². The number of anilines is 1. The SMILES string of the molecule is CCC1N=CNc2c1c(C#N)nn2-c1cccnc1. The van der Waals surface area contributed by atoms with Crippen LogP contribution in [0.5, 0.6) is 0 Å². The van der Waals surface area contributed by atoms with Crippen molar-refractivity contribution in [2.75, 3.05) is 5.32 Å². The molecule has 6 nitrogen and oxygen atoms in total. The Hall–Kier alpha value is -2.68. The first-order valence-corrected chi connectivity index (χ1v) is 6.06. The molecule has 0 saturated carbocycles. The van der Waals surface area contributed by atoms with E-state index in [-0.39, 0.29) is 6.04 Å². The van der Waals surface area contributed by atoms with Gasteiger partial charge < -0.3 is 5.32 Å². The molecule has 2 aromatic rings. The predicted octanol–water partition coefficient (Wildman–Crippen LogP) is 2.04. The normalized spacial score (nSPS) is 16.5. The lowest BCUT2D eigenvalue weighted by Gasteiger charge is -2.17. The van der Waals surface area contributed by atoms with Crippen molar-refractivity contribution in [3.63, 3.8) is 0 Å². The number of nitrogens with one attached hydrogen (secondary N) is 1. The molecule has 0 fully saturated rings. The van der Waals surface area contributed by atoms with E-state index in [0.29, 0.717) is 5.69 Å². The van der Waals surface area contributed by atoms with Gasteiger partial charge in [0.1, 0.15) is 11.9 Å². The summed E-state index contributed by atoms with van der Waals surface area (Å²) in [6, 6.07) is 5.86. The molecule has 1 atom stereocenters. The standard InChI is InChI=1S/C13H12N6/c1-2-10-12-11(6-14)18-19(13(12)17-8-16-10)9-4-3-5-15-7-9/h3-5,7-8,10H,2H2,1H3,(H,16,17). The molecule has 3 heterocycles. The average Bonchev–Trinajstić information content (AvgIpc) is 2.87. The fourth-order valence-corrected chi connectivity index (χ4v) is 2.21. The Bertz CT molecular complexity index is 664. The number of nitriles is 1. The smallest absolute Gasteiger partial charge is 0.170 e. The van der Waals surface area contributed by atoms with Crippen molar-refractivity contribution in [2.45, 2.75) is 19.4 Å². The highest BCUT2D eigenvalue weighted by molar-refractivity contribution is 5.80. The van der Waals surface area contributed by atoms with Gasteiger partial charge in [0.2, 0.25) is 0 Å². The summed E-state index contributed by atoms with van der Waals surface area (Å²) in [5.41, 5.74) is 2.09. The molecule has 19 heavy (non-hydrogen) atoms. The maximum absolute atomic E-state index is 9.25. The third kappa shape index (κ3) is 1.76. The fourth-order valence-electron chi connectivity index (χ4n) is 2.21. The van der Waals surface area contributed by atoms with Gasteiger partial charge in [0.05, 0.1) is 29.8 Å². The highest BCUT2D eigenvalue weighted by Crippen LogP contribution is 2.34. The summed E-state index contributed by atoms with van der Waals surface area (Å²) in [4.78, 5) is 8.43. The topological polar surface area (TPSA) is 78.9 Å². The summed E-state index contributed by atoms with van der Waals surface area (Å²) in [6.07, 6.45) is 5.90. The molecule has 94 valence electrons. The predicted molar refractivity (Wildman–Crippen MR) is 71.2 cm³/mol. The third-order valence-corrected chi connectivity index (χ3v) is 3.09. The minimum Gasteiger partial charge on any atom is -0.331 e. The van der Waals surface area contributed by atoms with Crippen molar-refractivity contribution >= 4 is 12.2 Å². The van der Waals surface area contributed by atoms with E-state index in [1.165, 1.54) is 0 Å². The molecule has 1 unspecified atom stereocenters. The van der Waals surface area contributed by atoms with Gasteiger partial charge in [-0.05, 0) is 18.6 Å². The van der Waals surface area contributed by atoms with E-state index in [2.05, 4.69) is 26.5 Å². The van der Waals surface area contributed by atoms with Crippen LogP contribution in [0.3, 0.4) is 0 Å². The number of pyridine rings is 1. The van der Waals surface area contributed by atoms with Gasteiger partial charge in [-0.2, -0.15) is 10.4 Å². The van der Waals surface area contributed by atoms with E-state index in [1.54, 1.807) is 23.4 Å². The van der Waals surface area contributed by atoms with Crippen molar-refractivity contribution in [3.8, 4) is 11.8 Å². The van der Waals surface area contributed by atoms with E-state index >= 15 is 0 Å². The summed E-state index contributed by atoms with van der Waals surface area (Å²) >= 11 is 0. The third-order valence-electron chi connectivity index (χ3n) is 3.09. The second kappa shape index (κ2) is 4.53. The highest BCUT2D eigenvalue weighted by atomic mass is 15.3. The van der Waals surface area contributed by atoms with Crippen LogP contribution in [0, 0.1) is 11.3 Å². The number of hydrogen-bond donors (Lipinski definition) is 1. The molecule has 2 aromatic heterocycles. The van der Waals surface area contributed by atoms with Crippen molar-refractivity contribution < 1.29 is 0 Å². The van der Waals surface area contributed by atoms with Crippen LogP contribution in [0.1, 0.15) is 30.6 Å². The largest absolute Gasteiger partial charge is 0.331 e. The summed E-state index contributed by atoms with van der Waals surface area (Å²) in [6.45, 7) is 2.04. The lowest BCUT2D eigenvalue weighted by molar-refractivity contribution is 0.698. The zero-order valence-corrected chi connectivity index (χ0v) is 10.4. The van der Waals surface area contributed by atoms with Crippen molar-refractivity contribution in [1.82, 2.24) is 14.8 Å². The Morgan fingerprint density at radius 2 is 2.42 bits per heavy atom. The second-order valence-corrected chi connectivity index (χ2v) is 4.19. The molecule has 0 amide bonds. The monoisotopic (exact) mass is 252 g/mol. The number of fused-ring (bicyclic) bond motifs is 1. The van der Waals surface area contributed by atoms with E-state index < -0.39 is 0 Å². The van der Waals surface area contributed by atoms with Gasteiger partial charge >= 0.3 is 0 Å². The van der Waals surface area contributed by atoms with Gasteiger partial charge in [-0.15, -0.1) is 0 Å². The fraction of sp³-hybridized carbons (Fsp3) is 0.231. The van der Waals surface area contributed by atoms with Crippen LogP contribution in [-0.2, 0) is 0 Å². The molecule has 1 aliphatic rings. The van der Waals surface area contributed by atoms with Crippen molar-refractivity contribution in [3.05, 3.63) is 35.8 Å². The van der Waals surface area contributed by atoms with Crippen molar-refractivity contribution in [1.29, 1.82) is 5.26 Å². The number of hydrogen-bond acceptors (Lipinski definition) is 5. The number of rotatable bonds is 2. The Morgan fingerprint density at radius 1 is 1.53 bits per heavy atom. The summed E-state index contributed by atoms with van der Waals surface area (Å²) < 4.78 is 1.70. The number of aliphatic imine (C=N–C) groups is 1. The van der Waals surface area contributed by atoms with Crippen LogP contribution in [-0.4, -0.2) is 21.1 Å². The second-order valence-electron chi connectivity index (χ2n) is 4.19. The lowest BCUT2D eigenvalue weighted by Crippen LogP contribution is -2.12. The van der Waals surface area contributed by atoms with E-state index in [9.17, 15) is 5.26 Å². The number of nitrogens with zero attached hydrogens (tertiary/aromatic N) is 5. The van der Waals surface area contributed by atoms with Gasteiger partial charge in [-0.3, -0.25) is 9.98 Å². The molecule has 0 spiro atoms. The van der Waals surface area contributed by atoms with Gasteiger partial charge in [0.25, 0.3) is 0 Å². The first-order chi connectivity index (χ1) is 9.35. The van der Waals surface area contributed by atoms with E-state index in [1.807, 2.05) is 19.1 Å². The molecule has 0 saturated heterocycles. The number of aromatic nitrogens is 3. The molecular formula is C13H12N6. The summed E-state index contributed by atoms with van der Waals surface area (Å²) in [5.74, 6) is 0.798. The molecule has 0 aromatic carbocycles. The zero-order valence-electron chi connectivity index (χ0n) is 10.4. The molecule has 3 rings (SSSR count). The minimum atomic E-state index is -0.0173.